The van der Waals surface area contributed by atoms with Crippen molar-refractivity contribution in [1.29, 1.82) is 0 Å². The van der Waals surface area contributed by atoms with Gasteiger partial charge in [0, 0.05) is 22.8 Å². The molecule has 0 saturated carbocycles. The monoisotopic (exact) mass is 306 g/mol. The molecule has 0 aromatic heterocycles. The van der Waals surface area contributed by atoms with Gasteiger partial charge in [-0.15, -0.1) is 5.10 Å². The first-order chi connectivity index (χ1) is 10.5. The standard InChI is InChI=1S/C15H9F3N2O2/c16-9-2-4-11(13(18)6-9)10-3-1-8(5-12(10)17)15-20-19-14(21)7-22-15/h1-6H,7H2,(H,19,21). The van der Waals surface area contributed by atoms with Gasteiger partial charge in [-0.2, -0.15) is 0 Å². The van der Waals surface area contributed by atoms with Gasteiger partial charge in [0.2, 0.25) is 5.90 Å². The van der Waals surface area contributed by atoms with Crippen molar-refractivity contribution in [3.8, 4) is 11.1 Å². The molecule has 0 atom stereocenters. The zero-order valence-electron chi connectivity index (χ0n) is 11.1. The Morgan fingerprint density at radius 1 is 1.00 bits per heavy atom. The first-order valence-electron chi connectivity index (χ1n) is 6.29. The highest BCUT2D eigenvalue weighted by molar-refractivity contribution is 5.98. The van der Waals surface area contributed by atoms with Gasteiger partial charge in [-0.25, -0.2) is 18.6 Å². The number of benzene rings is 2. The molecule has 0 radical (unpaired) electrons. The molecule has 1 aliphatic rings. The van der Waals surface area contributed by atoms with Gasteiger partial charge >= 0.3 is 0 Å². The normalized spacial score (nSPS) is 14.1. The van der Waals surface area contributed by atoms with Gasteiger partial charge in [-0.05, 0) is 24.3 Å². The zero-order chi connectivity index (χ0) is 15.7. The van der Waals surface area contributed by atoms with Crippen LogP contribution in [0.2, 0.25) is 0 Å². The summed E-state index contributed by atoms with van der Waals surface area (Å²) in [7, 11) is 0. The number of rotatable bonds is 2. The second kappa shape index (κ2) is 5.51. The molecule has 1 aliphatic heterocycles. The number of carbonyl (C=O) groups is 1. The second-order valence-corrected chi connectivity index (χ2v) is 4.56. The lowest BCUT2D eigenvalue weighted by atomic mass is 10.0. The van der Waals surface area contributed by atoms with Crippen LogP contribution >= 0.6 is 0 Å². The number of amides is 1. The van der Waals surface area contributed by atoms with Gasteiger partial charge in [0.1, 0.15) is 17.5 Å². The molecule has 22 heavy (non-hydrogen) atoms. The Kier molecular flexibility index (Phi) is 3.54. The first kappa shape index (κ1) is 14.1. The van der Waals surface area contributed by atoms with Crippen LogP contribution in [-0.4, -0.2) is 18.4 Å². The third-order valence-corrected chi connectivity index (χ3v) is 3.06. The fourth-order valence-electron chi connectivity index (χ4n) is 2.03. The Morgan fingerprint density at radius 2 is 1.68 bits per heavy atom. The summed E-state index contributed by atoms with van der Waals surface area (Å²) in [6.07, 6.45) is 0. The van der Waals surface area contributed by atoms with Gasteiger partial charge in [0.25, 0.3) is 5.91 Å². The van der Waals surface area contributed by atoms with Crippen LogP contribution < -0.4 is 5.43 Å². The molecular formula is C15H9F3N2O2. The molecule has 0 saturated heterocycles. The third kappa shape index (κ3) is 2.65. The highest BCUT2D eigenvalue weighted by atomic mass is 19.1. The fourth-order valence-corrected chi connectivity index (χ4v) is 2.03. The molecule has 1 N–H and O–H groups in total. The van der Waals surface area contributed by atoms with E-state index in [0.717, 1.165) is 18.2 Å². The van der Waals surface area contributed by atoms with E-state index in [1.165, 1.54) is 12.1 Å². The topological polar surface area (TPSA) is 50.7 Å². The molecule has 0 unspecified atom stereocenters. The minimum absolute atomic E-state index is 0.0123. The Bertz CT molecular complexity index is 790. The molecule has 4 nitrogen and oxygen atoms in total. The van der Waals surface area contributed by atoms with Crippen molar-refractivity contribution in [3.63, 3.8) is 0 Å². The predicted molar refractivity (Wildman–Crippen MR) is 72.4 cm³/mol. The number of hydrogen-bond acceptors (Lipinski definition) is 3. The van der Waals surface area contributed by atoms with Crippen LogP contribution in [0.3, 0.4) is 0 Å². The smallest absolute Gasteiger partial charge is 0.278 e. The fraction of sp³-hybridized carbons (Fsp3) is 0.0667. The maximum atomic E-state index is 14.2. The van der Waals surface area contributed by atoms with Crippen LogP contribution in [0.4, 0.5) is 13.2 Å². The molecule has 1 amide bonds. The molecule has 112 valence electrons. The third-order valence-electron chi connectivity index (χ3n) is 3.06. The van der Waals surface area contributed by atoms with Crippen molar-refractivity contribution >= 4 is 11.8 Å². The molecular weight excluding hydrogens is 297 g/mol. The lowest BCUT2D eigenvalue weighted by Gasteiger charge is -2.14. The van der Waals surface area contributed by atoms with Crippen molar-refractivity contribution in [2.24, 2.45) is 5.10 Å². The minimum Gasteiger partial charge on any atom is -0.466 e. The number of nitrogens with one attached hydrogen (secondary N) is 1. The largest absolute Gasteiger partial charge is 0.466 e. The lowest BCUT2D eigenvalue weighted by Crippen LogP contribution is -2.32. The van der Waals surface area contributed by atoms with Gasteiger partial charge in [0.15, 0.2) is 6.61 Å². The Morgan fingerprint density at radius 3 is 2.27 bits per heavy atom. The van der Waals surface area contributed by atoms with E-state index < -0.39 is 23.4 Å². The quantitative estimate of drug-likeness (QED) is 0.927. The number of hydrazone groups is 1. The zero-order valence-corrected chi connectivity index (χ0v) is 11.1. The van der Waals surface area contributed by atoms with Crippen LogP contribution in [0, 0.1) is 17.5 Å². The molecule has 2 aromatic carbocycles. The van der Waals surface area contributed by atoms with Crippen LogP contribution in [0.5, 0.6) is 0 Å². The van der Waals surface area contributed by atoms with Crippen molar-refractivity contribution in [2.75, 3.05) is 6.61 Å². The van der Waals surface area contributed by atoms with E-state index in [-0.39, 0.29) is 23.6 Å². The van der Waals surface area contributed by atoms with Crippen molar-refractivity contribution in [3.05, 3.63) is 59.4 Å². The highest BCUT2D eigenvalue weighted by Gasteiger charge is 2.17. The summed E-state index contributed by atoms with van der Waals surface area (Å²) >= 11 is 0. The van der Waals surface area contributed by atoms with Gasteiger partial charge in [-0.1, -0.05) is 6.07 Å². The van der Waals surface area contributed by atoms with Crippen LogP contribution in [0.15, 0.2) is 41.5 Å². The van der Waals surface area contributed by atoms with E-state index in [1.807, 2.05) is 0 Å². The Hall–Kier alpha value is -2.83. The number of halogens is 3. The van der Waals surface area contributed by atoms with Crippen molar-refractivity contribution in [2.45, 2.75) is 0 Å². The van der Waals surface area contributed by atoms with Crippen LogP contribution in [-0.2, 0) is 9.53 Å². The summed E-state index contributed by atoms with van der Waals surface area (Å²) in [4.78, 5) is 10.9. The minimum atomic E-state index is -0.856. The molecule has 0 aliphatic carbocycles. The second-order valence-electron chi connectivity index (χ2n) is 4.56. The van der Waals surface area contributed by atoms with Crippen molar-refractivity contribution < 1.29 is 22.7 Å². The summed E-state index contributed by atoms with van der Waals surface area (Å²) < 4.78 is 45.9. The van der Waals surface area contributed by atoms with E-state index >= 15 is 0 Å². The molecule has 7 heteroatoms. The van der Waals surface area contributed by atoms with Crippen LogP contribution in [0.25, 0.3) is 11.1 Å². The number of nitrogens with zero attached hydrogens (tertiary/aromatic N) is 1. The summed E-state index contributed by atoms with van der Waals surface area (Å²) in [5.74, 6) is -2.66. The summed E-state index contributed by atoms with van der Waals surface area (Å²) in [6, 6.07) is 6.81. The Labute approximate surface area is 123 Å². The average Bonchev–Trinajstić information content (AvgIpc) is 2.49. The summed E-state index contributed by atoms with van der Waals surface area (Å²) in [5, 5.41) is 3.66. The lowest BCUT2D eigenvalue weighted by molar-refractivity contribution is -0.124. The van der Waals surface area contributed by atoms with E-state index in [0.29, 0.717) is 11.6 Å². The SMILES string of the molecule is O=C1COC(c2ccc(-c3ccc(F)cc3F)c(F)c2)=NN1. The molecule has 1 heterocycles. The van der Waals surface area contributed by atoms with Gasteiger partial charge in [-0.3, -0.25) is 4.79 Å². The van der Waals surface area contributed by atoms with E-state index in [9.17, 15) is 18.0 Å². The molecule has 3 rings (SSSR count). The maximum Gasteiger partial charge on any atom is 0.278 e. The summed E-state index contributed by atoms with van der Waals surface area (Å²) in [5.41, 5.74) is 2.44. The molecule has 0 fully saturated rings. The molecule has 0 spiro atoms. The van der Waals surface area contributed by atoms with E-state index in [1.54, 1.807) is 0 Å². The number of ether oxygens (including phenoxy) is 1. The Balaban J connectivity index is 1.97. The first-order valence-corrected chi connectivity index (χ1v) is 6.29. The van der Waals surface area contributed by atoms with E-state index in [4.69, 9.17) is 4.74 Å². The number of carbonyl (C=O) groups excluding carboxylic acids is 1. The molecule has 0 bridgehead atoms. The maximum absolute atomic E-state index is 14.2. The van der Waals surface area contributed by atoms with Crippen molar-refractivity contribution in [1.82, 2.24) is 5.43 Å². The predicted octanol–water partition coefficient (Wildman–Crippen LogP) is 2.58. The summed E-state index contributed by atoms with van der Waals surface area (Å²) in [6.45, 7) is -0.213. The average molecular weight is 306 g/mol. The highest BCUT2D eigenvalue weighted by Crippen LogP contribution is 2.27. The van der Waals surface area contributed by atoms with Crippen LogP contribution in [0.1, 0.15) is 5.56 Å². The van der Waals surface area contributed by atoms with Gasteiger partial charge < -0.3 is 4.74 Å². The number of hydrogen-bond donors (Lipinski definition) is 1. The molecule has 2 aromatic rings. The van der Waals surface area contributed by atoms with E-state index in [2.05, 4.69) is 10.5 Å². The van der Waals surface area contributed by atoms with Gasteiger partial charge in [0.05, 0.1) is 0 Å².